The third-order valence-corrected chi connectivity index (χ3v) is 3.37. The van der Waals surface area contributed by atoms with Gasteiger partial charge in [-0.25, -0.2) is 9.69 Å². The van der Waals surface area contributed by atoms with E-state index in [2.05, 4.69) is 5.32 Å². The van der Waals surface area contributed by atoms with Crippen LogP contribution in [0.3, 0.4) is 0 Å². The van der Waals surface area contributed by atoms with Gasteiger partial charge in [0.1, 0.15) is 6.04 Å². The van der Waals surface area contributed by atoms with Crippen LogP contribution < -0.4 is 5.32 Å². The maximum absolute atomic E-state index is 12.2. The first-order valence-corrected chi connectivity index (χ1v) is 6.36. The molecule has 110 valence electrons. The number of carbonyl (C=O) groups excluding carboxylic acids is 4. The lowest BCUT2D eigenvalue weighted by molar-refractivity contribution is -0.144. The maximum atomic E-state index is 12.2. The SMILES string of the molecule is Cc1ccccc1NC(=O)C(C)N1C(=O)C(=O)N(C)C1=O. The summed E-state index contributed by atoms with van der Waals surface area (Å²) in [5.74, 6) is -2.46. The van der Waals surface area contributed by atoms with Crippen LogP contribution in [0.15, 0.2) is 24.3 Å². The molecular weight excluding hydrogens is 274 g/mol. The second-order valence-corrected chi connectivity index (χ2v) is 4.80. The minimum atomic E-state index is -1.07. The molecule has 1 aliphatic rings. The molecule has 1 atom stereocenters. The second kappa shape index (κ2) is 5.35. The van der Waals surface area contributed by atoms with Gasteiger partial charge in [0.15, 0.2) is 0 Å². The molecule has 2 rings (SSSR count). The lowest BCUT2D eigenvalue weighted by Gasteiger charge is -2.21. The third-order valence-electron chi connectivity index (χ3n) is 3.37. The van der Waals surface area contributed by atoms with Crippen molar-refractivity contribution in [3.05, 3.63) is 29.8 Å². The predicted molar refractivity (Wildman–Crippen MR) is 74.3 cm³/mol. The number of aryl methyl sites for hydroxylation is 1. The molecule has 21 heavy (non-hydrogen) atoms. The van der Waals surface area contributed by atoms with E-state index in [4.69, 9.17) is 0 Å². The number of hydrogen-bond donors (Lipinski definition) is 1. The van der Waals surface area contributed by atoms with Gasteiger partial charge in [0.05, 0.1) is 0 Å². The minimum absolute atomic E-state index is 0.533. The topological polar surface area (TPSA) is 86.8 Å². The van der Waals surface area contributed by atoms with Crippen LogP contribution in [0.2, 0.25) is 0 Å². The summed E-state index contributed by atoms with van der Waals surface area (Å²) in [5.41, 5.74) is 1.44. The number of hydrogen-bond acceptors (Lipinski definition) is 4. The van der Waals surface area contributed by atoms with E-state index in [9.17, 15) is 19.2 Å². The first kappa shape index (κ1) is 14.7. The van der Waals surface area contributed by atoms with E-state index in [0.29, 0.717) is 15.5 Å². The normalized spacial score (nSPS) is 16.4. The van der Waals surface area contributed by atoms with Crippen molar-refractivity contribution >= 4 is 29.4 Å². The number of rotatable bonds is 3. The van der Waals surface area contributed by atoms with E-state index in [0.717, 1.165) is 5.56 Å². The Morgan fingerprint density at radius 3 is 2.29 bits per heavy atom. The molecule has 7 heteroatoms. The van der Waals surface area contributed by atoms with Crippen molar-refractivity contribution in [3.63, 3.8) is 0 Å². The molecule has 1 aromatic rings. The molecule has 1 unspecified atom stereocenters. The second-order valence-electron chi connectivity index (χ2n) is 4.80. The first-order chi connectivity index (χ1) is 9.84. The van der Waals surface area contributed by atoms with Crippen molar-refractivity contribution in [2.45, 2.75) is 19.9 Å². The molecule has 0 aliphatic carbocycles. The maximum Gasteiger partial charge on any atom is 0.334 e. The van der Waals surface area contributed by atoms with Crippen molar-refractivity contribution in [3.8, 4) is 0 Å². The van der Waals surface area contributed by atoms with E-state index in [-0.39, 0.29) is 0 Å². The number of anilines is 1. The fraction of sp³-hybridized carbons (Fsp3) is 0.286. The Morgan fingerprint density at radius 2 is 1.76 bits per heavy atom. The molecule has 0 spiro atoms. The van der Waals surface area contributed by atoms with Crippen LogP contribution in [0, 0.1) is 6.92 Å². The Bertz CT molecular complexity index is 641. The molecule has 0 bridgehead atoms. The van der Waals surface area contributed by atoms with Crippen LogP contribution in [-0.4, -0.2) is 46.6 Å². The fourth-order valence-corrected chi connectivity index (χ4v) is 1.99. The van der Waals surface area contributed by atoms with Gasteiger partial charge < -0.3 is 5.32 Å². The van der Waals surface area contributed by atoms with E-state index in [1.807, 2.05) is 19.1 Å². The molecular formula is C14H15N3O4. The van der Waals surface area contributed by atoms with Gasteiger partial charge in [-0.2, -0.15) is 0 Å². The summed E-state index contributed by atoms with van der Waals surface area (Å²) >= 11 is 0. The standard InChI is InChI=1S/C14H15N3O4/c1-8-6-4-5-7-10(8)15-11(18)9(2)17-13(20)12(19)16(3)14(17)21/h4-7,9H,1-3H3,(H,15,18). The number of para-hydroxylation sites is 1. The molecule has 1 aliphatic heterocycles. The Morgan fingerprint density at radius 1 is 1.14 bits per heavy atom. The number of benzene rings is 1. The van der Waals surface area contributed by atoms with Gasteiger partial charge in [-0.3, -0.25) is 19.3 Å². The summed E-state index contributed by atoms with van der Waals surface area (Å²) in [6, 6.07) is 5.26. The van der Waals surface area contributed by atoms with Crippen LogP contribution in [0.25, 0.3) is 0 Å². The summed E-state index contributed by atoms with van der Waals surface area (Å²) in [5, 5.41) is 2.64. The number of likely N-dealkylation sites (N-methyl/N-ethyl adjacent to an activating group) is 1. The van der Waals surface area contributed by atoms with Crippen LogP contribution in [0.1, 0.15) is 12.5 Å². The Hall–Kier alpha value is -2.70. The monoisotopic (exact) mass is 289 g/mol. The Balaban J connectivity index is 2.17. The smallest absolute Gasteiger partial charge is 0.324 e. The van der Waals surface area contributed by atoms with Crippen molar-refractivity contribution < 1.29 is 19.2 Å². The van der Waals surface area contributed by atoms with Gasteiger partial charge in [-0.1, -0.05) is 18.2 Å². The summed E-state index contributed by atoms with van der Waals surface area (Å²) < 4.78 is 0. The van der Waals surface area contributed by atoms with Crippen LogP contribution in [0.4, 0.5) is 10.5 Å². The van der Waals surface area contributed by atoms with Crippen LogP contribution in [0.5, 0.6) is 0 Å². The molecule has 1 fully saturated rings. The first-order valence-electron chi connectivity index (χ1n) is 6.36. The van der Waals surface area contributed by atoms with Crippen molar-refractivity contribution in [2.24, 2.45) is 0 Å². The van der Waals surface area contributed by atoms with Gasteiger partial charge >= 0.3 is 17.8 Å². The third kappa shape index (κ3) is 2.49. The molecule has 1 heterocycles. The average Bonchev–Trinajstić information content (AvgIpc) is 2.65. The largest absolute Gasteiger partial charge is 0.334 e. The highest BCUT2D eigenvalue weighted by molar-refractivity contribution is 6.45. The molecule has 1 N–H and O–H groups in total. The number of nitrogens with one attached hydrogen (secondary N) is 1. The van der Waals surface area contributed by atoms with E-state index < -0.39 is 29.8 Å². The quantitative estimate of drug-likeness (QED) is 0.657. The predicted octanol–water partition coefficient (Wildman–Crippen LogP) is 0.743. The number of imide groups is 2. The lowest BCUT2D eigenvalue weighted by Crippen LogP contribution is -2.46. The molecule has 0 radical (unpaired) electrons. The summed E-state index contributed by atoms with van der Waals surface area (Å²) in [6.07, 6.45) is 0. The highest BCUT2D eigenvalue weighted by Gasteiger charge is 2.46. The van der Waals surface area contributed by atoms with Gasteiger partial charge in [-0.15, -0.1) is 0 Å². The zero-order valence-corrected chi connectivity index (χ0v) is 11.9. The number of amides is 5. The average molecular weight is 289 g/mol. The molecule has 1 aromatic carbocycles. The summed E-state index contributed by atoms with van der Waals surface area (Å²) in [4.78, 5) is 48.5. The lowest BCUT2D eigenvalue weighted by atomic mass is 10.2. The highest BCUT2D eigenvalue weighted by Crippen LogP contribution is 2.17. The van der Waals surface area contributed by atoms with Crippen molar-refractivity contribution in [1.82, 2.24) is 9.80 Å². The molecule has 7 nitrogen and oxygen atoms in total. The van der Waals surface area contributed by atoms with Crippen molar-refractivity contribution in [1.29, 1.82) is 0 Å². The summed E-state index contributed by atoms with van der Waals surface area (Å²) in [7, 11) is 1.20. The van der Waals surface area contributed by atoms with E-state index >= 15 is 0 Å². The van der Waals surface area contributed by atoms with E-state index in [1.54, 1.807) is 12.1 Å². The number of urea groups is 1. The van der Waals surface area contributed by atoms with Gasteiger partial charge in [0, 0.05) is 12.7 Å². The Kier molecular flexibility index (Phi) is 3.75. The fourth-order valence-electron chi connectivity index (χ4n) is 1.99. The zero-order chi connectivity index (χ0) is 15.7. The summed E-state index contributed by atoms with van der Waals surface area (Å²) in [6.45, 7) is 3.22. The van der Waals surface area contributed by atoms with Gasteiger partial charge in [-0.05, 0) is 25.5 Å². The van der Waals surface area contributed by atoms with Gasteiger partial charge in [0.2, 0.25) is 5.91 Å². The molecule has 0 saturated carbocycles. The van der Waals surface area contributed by atoms with Crippen LogP contribution in [-0.2, 0) is 14.4 Å². The molecule has 1 saturated heterocycles. The molecule has 5 amide bonds. The Labute approximate surface area is 121 Å². The number of nitrogens with zero attached hydrogens (tertiary/aromatic N) is 2. The highest BCUT2D eigenvalue weighted by atomic mass is 16.2. The minimum Gasteiger partial charge on any atom is -0.324 e. The van der Waals surface area contributed by atoms with Crippen LogP contribution >= 0.6 is 0 Å². The van der Waals surface area contributed by atoms with Gasteiger partial charge in [0.25, 0.3) is 0 Å². The van der Waals surface area contributed by atoms with E-state index in [1.165, 1.54) is 14.0 Å². The molecule has 0 aromatic heterocycles. The van der Waals surface area contributed by atoms with Crippen molar-refractivity contribution in [2.75, 3.05) is 12.4 Å². The zero-order valence-electron chi connectivity index (χ0n) is 11.9. The number of carbonyl (C=O) groups is 4.